The first-order valence-corrected chi connectivity index (χ1v) is 9.63. The summed E-state index contributed by atoms with van der Waals surface area (Å²) in [5, 5.41) is 7.73. The lowest BCUT2D eigenvalue weighted by Gasteiger charge is -2.06. The van der Waals surface area contributed by atoms with Gasteiger partial charge in [0.2, 0.25) is 15.9 Å². The van der Waals surface area contributed by atoms with Gasteiger partial charge in [0.1, 0.15) is 5.82 Å². The van der Waals surface area contributed by atoms with E-state index in [2.05, 4.69) is 5.32 Å². The number of carbonyl (C=O) groups is 1. The molecule has 24 heavy (non-hydrogen) atoms. The summed E-state index contributed by atoms with van der Waals surface area (Å²) < 4.78 is 35.3. The molecule has 5 nitrogen and oxygen atoms in total. The Kier molecular flexibility index (Phi) is 6.22. The van der Waals surface area contributed by atoms with Gasteiger partial charge in [-0.3, -0.25) is 4.79 Å². The van der Waals surface area contributed by atoms with Gasteiger partial charge in [-0.1, -0.05) is 23.7 Å². The third kappa shape index (κ3) is 5.48. The molecule has 0 heterocycles. The number of carbonyl (C=O) groups excluding carboxylic acids is 1. The van der Waals surface area contributed by atoms with E-state index in [0.29, 0.717) is 4.90 Å². The highest BCUT2D eigenvalue weighted by molar-refractivity contribution is 8.00. The number of nitrogens with two attached hydrogens (primary N) is 1. The first kappa shape index (κ1) is 18.7. The summed E-state index contributed by atoms with van der Waals surface area (Å²) in [5.41, 5.74) is 0.741. The molecular formula is C15H14ClFN2O3S2. The number of primary sulfonamides is 1. The molecule has 0 atom stereocenters. The highest BCUT2D eigenvalue weighted by Crippen LogP contribution is 2.23. The van der Waals surface area contributed by atoms with Crippen molar-refractivity contribution in [2.75, 3.05) is 5.75 Å². The molecule has 9 heteroatoms. The van der Waals surface area contributed by atoms with Gasteiger partial charge in [0.25, 0.3) is 0 Å². The van der Waals surface area contributed by atoms with Crippen molar-refractivity contribution in [1.82, 2.24) is 5.32 Å². The fourth-order valence-electron chi connectivity index (χ4n) is 1.76. The van der Waals surface area contributed by atoms with Crippen LogP contribution < -0.4 is 10.5 Å². The van der Waals surface area contributed by atoms with E-state index in [1.165, 1.54) is 36.0 Å². The summed E-state index contributed by atoms with van der Waals surface area (Å²) in [6.07, 6.45) is 0. The van der Waals surface area contributed by atoms with Crippen molar-refractivity contribution >= 4 is 39.3 Å². The van der Waals surface area contributed by atoms with Crippen LogP contribution in [-0.2, 0) is 21.4 Å². The number of hydrogen-bond donors (Lipinski definition) is 2. The molecule has 2 rings (SSSR count). The Morgan fingerprint density at radius 3 is 2.46 bits per heavy atom. The summed E-state index contributed by atoms with van der Waals surface area (Å²) in [6.45, 7) is 0.258. The molecule has 0 radical (unpaired) electrons. The first-order chi connectivity index (χ1) is 11.3. The van der Waals surface area contributed by atoms with Crippen LogP contribution in [0, 0.1) is 5.82 Å². The minimum Gasteiger partial charge on any atom is -0.351 e. The van der Waals surface area contributed by atoms with Crippen molar-refractivity contribution in [3.05, 3.63) is 58.9 Å². The molecule has 128 valence electrons. The molecule has 0 aromatic heterocycles. The number of amides is 1. The zero-order valence-corrected chi connectivity index (χ0v) is 14.7. The number of thioether (sulfide) groups is 1. The van der Waals surface area contributed by atoms with Gasteiger partial charge in [0.05, 0.1) is 15.7 Å². The van der Waals surface area contributed by atoms with Gasteiger partial charge in [-0.15, -0.1) is 11.8 Å². The van der Waals surface area contributed by atoms with Gasteiger partial charge in [-0.25, -0.2) is 17.9 Å². The number of halogens is 2. The Hall–Kier alpha value is -1.61. The second-order valence-electron chi connectivity index (χ2n) is 4.83. The second kappa shape index (κ2) is 7.98. The largest absolute Gasteiger partial charge is 0.351 e. The van der Waals surface area contributed by atoms with E-state index in [1.54, 1.807) is 18.2 Å². The van der Waals surface area contributed by atoms with Crippen LogP contribution in [0.1, 0.15) is 5.56 Å². The van der Waals surface area contributed by atoms with Gasteiger partial charge < -0.3 is 5.32 Å². The summed E-state index contributed by atoms with van der Waals surface area (Å²) >= 11 is 6.91. The maximum absolute atomic E-state index is 13.0. The standard InChI is InChI=1S/C15H14ClFN2O3S2/c16-13-7-11(3-6-14(13)17)23-9-15(20)19-8-10-1-4-12(5-2-10)24(18,21)22/h1-7H,8-9H2,(H,19,20)(H2,18,21,22). The van der Waals surface area contributed by atoms with Crippen LogP contribution in [0.5, 0.6) is 0 Å². The Balaban J connectivity index is 1.83. The number of sulfonamides is 1. The fraction of sp³-hybridized carbons (Fsp3) is 0.133. The molecule has 2 aromatic carbocycles. The van der Waals surface area contributed by atoms with Crippen LogP contribution in [0.4, 0.5) is 4.39 Å². The smallest absolute Gasteiger partial charge is 0.238 e. The summed E-state index contributed by atoms with van der Waals surface area (Å²) in [6, 6.07) is 10.2. The zero-order chi connectivity index (χ0) is 17.7. The van der Waals surface area contributed by atoms with E-state index in [4.69, 9.17) is 16.7 Å². The lowest BCUT2D eigenvalue weighted by molar-refractivity contribution is -0.118. The normalized spacial score (nSPS) is 11.3. The van der Waals surface area contributed by atoms with Crippen LogP contribution >= 0.6 is 23.4 Å². The van der Waals surface area contributed by atoms with Crippen molar-refractivity contribution in [3.63, 3.8) is 0 Å². The molecule has 0 aliphatic carbocycles. The van der Waals surface area contributed by atoms with Crippen LogP contribution in [0.15, 0.2) is 52.3 Å². The molecule has 0 aliphatic rings. The predicted octanol–water partition coefficient (Wildman–Crippen LogP) is 2.54. The van der Waals surface area contributed by atoms with E-state index in [0.717, 1.165) is 5.56 Å². The van der Waals surface area contributed by atoms with Gasteiger partial charge in [-0.2, -0.15) is 0 Å². The lowest BCUT2D eigenvalue weighted by Crippen LogP contribution is -2.24. The SMILES string of the molecule is NS(=O)(=O)c1ccc(CNC(=O)CSc2ccc(F)c(Cl)c2)cc1. The van der Waals surface area contributed by atoms with E-state index in [1.807, 2.05) is 0 Å². The Morgan fingerprint density at radius 2 is 1.88 bits per heavy atom. The third-order valence-electron chi connectivity index (χ3n) is 3.00. The van der Waals surface area contributed by atoms with Crippen LogP contribution in [0.2, 0.25) is 5.02 Å². The Labute approximate surface area is 148 Å². The molecule has 2 aromatic rings. The summed E-state index contributed by atoms with van der Waals surface area (Å²) in [4.78, 5) is 12.5. The van der Waals surface area contributed by atoms with Crippen molar-refractivity contribution in [2.45, 2.75) is 16.3 Å². The number of benzene rings is 2. The number of rotatable bonds is 6. The molecule has 0 spiro atoms. The van der Waals surface area contributed by atoms with Crippen molar-refractivity contribution in [2.24, 2.45) is 5.14 Å². The third-order valence-corrected chi connectivity index (χ3v) is 5.22. The molecule has 0 saturated carbocycles. The van der Waals surface area contributed by atoms with E-state index in [-0.39, 0.29) is 28.1 Å². The fourth-order valence-corrected chi connectivity index (χ4v) is 3.29. The van der Waals surface area contributed by atoms with Crippen LogP contribution in [-0.4, -0.2) is 20.1 Å². The zero-order valence-electron chi connectivity index (χ0n) is 12.3. The van der Waals surface area contributed by atoms with Crippen molar-refractivity contribution in [3.8, 4) is 0 Å². The first-order valence-electron chi connectivity index (χ1n) is 6.72. The van der Waals surface area contributed by atoms with E-state index in [9.17, 15) is 17.6 Å². The van der Waals surface area contributed by atoms with Crippen LogP contribution in [0.3, 0.4) is 0 Å². The highest BCUT2D eigenvalue weighted by atomic mass is 35.5. The number of hydrogen-bond acceptors (Lipinski definition) is 4. The molecule has 0 bridgehead atoms. The predicted molar refractivity (Wildman–Crippen MR) is 91.8 cm³/mol. The molecular weight excluding hydrogens is 375 g/mol. The minimum atomic E-state index is -3.72. The lowest BCUT2D eigenvalue weighted by atomic mass is 10.2. The van der Waals surface area contributed by atoms with Crippen LogP contribution in [0.25, 0.3) is 0 Å². The highest BCUT2D eigenvalue weighted by Gasteiger charge is 2.08. The topological polar surface area (TPSA) is 89.3 Å². The maximum atomic E-state index is 13.0. The molecule has 0 unspecified atom stereocenters. The Bertz CT molecular complexity index is 842. The minimum absolute atomic E-state index is 0.00959. The molecule has 0 aliphatic heterocycles. The maximum Gasteiger partial charge on any atom is 0.238 e. The van der Waals surface area contributed by atoms with Gasteiger partial charge >= 0.3 is 0 Å². The summed E-state index contributed by atoms with van der Waals surface area (Å²) in [7, 11) is -3.72. The molecule has 0 saturated heterocycles. The Morgan fingerprint density at radius 1 is 1.21 bits per heavy atom. The van der Waals surface area contributed by atoms with Crippen molar-refractivity contribution < 1.29 is 17.6 Å². The average molecular weight is 389 g/mol. The van der Waals surface area contributed by atoms with Crippen molar-refractivity contribution in [1.29, 1.82) is 0 Å². The molecule has 0 fully saturated rings. The van der Waals surface area contributed by atoms with Gasteiger partial charge in [0.15, 0.2) is 0 Å². The monoisotopic (exact) mass is 388 g/mol. The second-order valence-corrected chi connectivity index (χ2v) is 7.85. The quantitative estimate of drug-likeness (QED) is 0.744. The molecule has 3 N–H and O–H groups in total. The summed E-state index contributed by atoms with van der Waals surface area (Å²) in [5.74, 6) is -0.568. The van der Waals surface area contributed by atoms with Gasteiger partial charge in [0, 0.05) is 11.4 Å². The van der Waals surface area contributed by atoms with Gasteiger partial charge in [-0.05, 0) is 35.9 Å². The average Bonchev–Trinajstić information content (AvgIpc) is 2.53. The molecule has 1 amide bonds. The van der Waals surface area contributed by atoms with E-state index < -0.39 is 15.8 Å². The van der Waals surface area contributed by atoms with E-state index >= 15 is 0 Å². The number of nitrogens with one attached hydrogen (secondary N) is 1.